The summed E-state index contributed by atoms with van der Waals surface area (Å²) in [5.74, 6) is -0.0570. The van der Waals surface area contributed by atoms with Gasteiger partial charge in [0.15, 0.2) is 0 Å². The van der Waals surface area contributed by atoms with Crippen LogP contribution in [0.3, 0.4) is 0 Å². The number of hydrogen-bond donors (Lipinski definition) is 2. The molecule has 0 aliphatic carbocycles. The van der Waals surface area contributed by atoms with E-state index in [1.807, 2.05) is 13.0 Å². The fraction of sp³-hybridized carbons (Fsp3) is 0.467. The summed E-state index contributed by atoms with van der Waals surface area (Å²) in [7, 11) is -1.08. The van der Waals surface area contributed by atoms with Gasteiger partial charge >= 0.3 is 0 Å². The molecule has 0 aromatic carbocycles. The lowest BCUT2D eigenvalue weighted by atomic mass is 10.2. The van der Waals surface area contributed by atoms with E-state index in [1.54, 1.807) is 6.07 Å². The van der Waals surface area contributed by atoms with Gasteiger partial charge in [0.2, 0.25) is 0 Å². The Balaban J connectivity index is 1.81. The number of H-pyrrole nitrogens is 1. The molecule has 1 atom stereocenters. The van der Waals surface area contributed by atoms with E-state index in [2.05, 4.69) is 28.4 Å². The van der Waals surface area contributed by atoms with E-state index in [0.717, 1.165) is 23.5 Å². The van der Waals surface area contributed by atoms with E-state index in [1.165, 1.54) is 6.04 Å². The summed E-state index contributed by atoms with van der Waals surface area (Å²) in [5.41, 5.74) is 2.05. The highest BCUT2D eigenvalue weighted by atomic mass is 35.5. The monoisotopic (exact) mass is 321 g/mol. The number of aromatic amines is 1. The predicted octanol–water partition coefficient (Wildman–Crippen LogP) is 3.74. The van der Waals surface area contributed by atoms with E-state index >= 15 is 0 Å². The minimum atomic E-state index is -1.08. The van der Waals surface area contributed by atoms with Crippen molar-refractivity contribution in [2.45, 2.75) is 44.6 Å². The predicted molar refractivity (Wildman–Crippen MR) is 88.8 cm³/mol. The van der Waals surface area contributed by atoms with Crippen molar-refractivity contribution in [3.8, 4) is 0 Å². The van der Waals surface area contributed by atoms with Crippen molar-refractivity contribution in [3.63, 3.8) is 0 Å². The molecule has 1 aliphatic rings. The Kier molecular flexibility index (Phi) is 3.57. The first kappa shape index (κ1) is 14.6. The number of rotatable bonds is 2. The molecular weight excluding hydrogens is 302 g/mol. The zero-order valence-electron chi connectivity index (χ0n) is 12.6. The topological polar surface area (TPSA) is 57.8 Å². The minimum Gasteiger partial charge on any atom is -0.348 e. The van der Waals surface area contributed by atoms with Gasteiger partial charge in [-0.1, -0.05) is 30.7 Å². The molecule has 4 nitrogen and oxygen atoms in total. The summed E-state index contributed by atoms with van der Waals surface area (Å²) in [6.45, 7) is 6.65. The van der Waals surface area contributed by atoms with Crippen LogP contribution in [0, 0.1) is 6.92 Å². The standard InChI is InChI=1S/C15H20ClN3OSi/c1-9-6-12(16)11-7-13(19-14(11)17-9)15(20)18-10-4-5-21(2,3)8-10/h6-7,10H,4-5,8H2,1-3H3,(H,17,19)(H,18,20)/t10-/m0/s1. The number of nitrogens with zero attached hydrogens (tertiary/aromatic N) is 1. The zero-order chi connectivity index (χ0) is 15.2. The number of pyridine rings is 1. The summed E-state index contributed by atoms with van der Waals surface area (Å²) in [4.78, 5) is 19.8. The first-order valence-corrected chi connectivity index (χ1v) is 11.1. The fourth-order valence-electron chi connectivity index (χ4n) is 3.13. The maximum Gasteiger partial charge on any atom is 0.267 e. The minimum absolute atomic E-state index is 0.0570. The lowest BCUT2D eigenvalue weighted by Crippen LogP contribution is -2.34. The van der Waals surface area contributed by atoms with Crippen molar-refractivity contribution in [3.05, 3.63) is 28.5 Å². The first-order valence-electron chi connectivity index (χ1n) is 7.31. The van der Waals surface area contributed by atoms with Crippen LogP contribution in [-0.2, 0) is 0 Å². The molecule has 0 saturated carbocycles. The number of aryl methyl sites for hydroxylation is 1. The molecule has 1 aliphatic heterocycles. The highest BCUT2D eigenvalue weighted by molar-refractivity contribution is 6.78. The molecule has 21 heavy (non-hydrogen) atoms. The average Bonchev–Trinajstić information content (AvgIpc) is 2.93. The molecule has 0 bridgehead atoms. The molecule has 0 spiro atoms. The Bertz CT molecular complexity index is 710. The van der Waals surface area contributed by atoms with E-state index in [4.69, 9.17) is 11.6 Å². The van der Waals surface area contributed by atoms with Gasteiger partial charge in [-0.2, -0.15) is 0 Å². The van der Waals surface area contributed by atoms with Gasteiger partial charge in [0.25, 0.3) is 5.91 Å². The second kappa shape index (κ2) is 5.14. The smallest absolute Gasteiger partial charge is 0.267 e. The summed E-state index contributed by atoms with van der Waals surface area (Å²) in [6.07, 6.45) is 1.10. The second-order valence-corrected chi connectivity index (χ2v) is 12.4. The third kappa shape index (κ3) is 2.99. The summed E-state index contributed by atoms with van der Waals surface area (Å²) in [6, 6.07) is 6.37. The second-order valence-electron chi connectivity index (χ2n) is 6.77. The molecule has 0 unspecified atom stereocenters. The van der Waals surface area contributed by atoms with Crippen LogP contribution in [0.5, 0.6) is 0 Å². The van der Waals surface area contributed by atoms with Gasteiger partial charge in [-0.05, 0) is 31.5 Å². The molecular formula is C15H20ClN3OSi. The van der Waals surface area contributed by atoms with Gasteiger partial charge in [-0.15, -0.1) is 0 Å². The number of nitrogens with one attached hydrogen (secondary N) is 2. The molecule has 3 rings (SSSR count). The Morgan fingerprint density at radius 2 is 2.24 bits per heavy atom. The number of fused-ring (bicyclic) bond motifs is 1. The van der Waals surface area contributed by atoms with Gasteiger partial charge in [-0.3, -0.25) is 4.79 Å². The summed E-state index contributed by atoms with van der Waals surface area (Å²) < 4.78 is 0. The van der Waals surface area contributed by atoms with Crippen LogP contribution in [0.15, 0.2) is 12.1 Å². The number of carbonyl (C=O) groups is 1. The molecule has 2 aromatic rings. The quantitative estimate of drug-likeness (QED) is 0.828. The van der Waals surface area contributed by atoms with Gasteiger partial charge in [-0.25, -0.2) is 4.98 Å². The Labute approximate surface area is 130 Å². The van der Waals surface area contributed by atoms with E-state index in [9.17, 15) is 4.79 Å². The first-order chi connectivity index (χ1) is 9.84. The SMILES string of the molecule is Cc1cc(Cl)c2cc(C(=O)N[C@H]3CC[Si](C)(C)C3)[nH]c2n1. The number of aromatic nitrogens is 2. The third-order valence-electron chi connectivity index (χ3n) is 4.23. The highest BCUT2D eigenvalue weighted by Gasteiger charge is 2.33. The molecule has 6 heteroatoms. The van der Waals surface area contributed by atoms with Crippen molar-refractivity contribution in [2.75, 3.05) is 0 Å². The highest BCUT2D eigenvalue weighted by Crippen LogP contribution is 2.30. The van der Waals surface area contributed by atoms with Crippen LogP contribution < -0.4 is 5.32 Å². The lowest BCUT2D eigenvalue weighted by Gasteiger charge is -2.15. The van der Waals surface area contributed by atoms with Crippen molar-refractivity contribution in [1.29, 1.82) is 0 Å². The van der Waals surface area contributed by atoms with Gasteiger partial charge in [0.1, 0.15) is 11.3 Å². The molecule has 2 aromatic heterocycles. The number of amides is 1. The maximum atomic E-state index is 12.4. The largest absolute Gasteiger partial charge is 0.348 e. The third-order valence-corrected chi connectivity index (χ3v) is 7.78. The van der Waals surface area contributed by atoms with Crippen LogP contribution in [0.4, 0.5) is 0 Å². The van der Waals surface area contributed by atoms with E-state index in [-0.39, 0.29) is 5.91 Å². The van der Waals surface area contributed by atoms with Crippen molar-refractivity contribution < 1.29 is 4.79 Å². The molecule has 3 heterocycles. The Morgan fingerprint density at radius 3 is 2.90 bits per heavy atom. The molecule has 1 fully saturated rings. The lowest BCUT2D eigenvalue weighted by molar-refractivity contribution is 0.0936. The fourth-order valence-corrected chi connectivity index (χ4v) is 6.40. The van der Waals surface area contributed by atoms with E-state index < -0.39 is 8.07 Å². The Morgan fingerprint density at radius 1 is 1.48 bits per heavy atom. The van der Waals surface area contributed by atoms with Crippen LogP contribution in [-0.4, -0.2) is 30.0 Å². The van der Waals surface area contributed by atoms with E-state index in [0.29, 0.717) is 22.4 Å². The average molecular weight is 322 g/mol. The molecule has 112 valence electrons. The number of carbonyl (C=O) groups excluding carboxylic acids is 1. The number of hydrogen-bond acceptors (Lipinski definition) is 2. The summed E-state index contributed by atoms with van der Waals surface area (Å²) in [5, 5.41) is 4.57. The molecule has 0 radical (unpaired) electrons. The van der Waals surface area contributed by atoms with Crippen LogP contribution in [0.2, 0.25) is 30.2 Å². The van der Waals surface area contributed by atoms with Gasteiger partial charge in [0, 0.05) is 25.2 Å². The van der Waals surface area contributed by atoms with Crippen molar-refractivity contribution in [2.24, 2.45) is 0 Å². The van der Waals surface area contributed by atoms with Gasteiger partial charge < -0.3 is 10.3 Å². The zero-order valence-corrected chi connectivity index (χ0v) is 14.3. The van der Waals surface area contributed by atoms with Gasteiger partial charge in [0.05, 0.1) is 5.02 Å². The van der Waals surface area contributed by atoms with Crippen LogP contribution >= 0.6 is 11.6 Å². The molecule has 1 saturated heterocycles. The molecule has 2 N–H and O–H groups in total. The number of halogens is 1. The van der Waals surface area contributed by atoms with Crippen LogP contribution in [0.1, 0.15) is 22.6 Å². The van der Waals surface area contributed by atoms with Crippen molar-refractivity contribution >= 4 is 36.6 Å². The summed E-state index contributed by atoms with van der Waals surface area (Å²) >= 11 is 6.20. The normalized spacial score (nSPS) is 20.9. The van der Waals surface area contributed by atoms with Crippen LogP contribution in [0.25, 0.3) is 11.0 Å². The van der Waals surface area contributed by atoms with Crippen molar-refractivity contribution in [1.82, 2.24) is 15.3 Å². The Hall–Kier alpha value is -1.33. The molecule has 1 amide bonds. The maximum absolute atomic E-state index is 12.4.